The molecule has 4 amide bonds. The number of anilines is 1. The van der Waals surface area contributed by atoms with E-state index < -0.39 is 11.8 Å². The number of carbonyl (C=O) groups excluding carboxylic acids is 3. The molecule has 3 rings (SSSR count). The van der Waals surface area contributed by atoms with Gasteiger partial charge in [0.1, 0.15) is 0 Å². The molecular weight excluding hydrogens is 376 g/mol. The van der Waals surface area contributed by atoms with Crippen LogP contribution in [-0.4, -0.2) is 54.7 Å². The summed E-state index contributed by atoms with van der Waals surface area (Å²) in [6, 6.07) is 4.88. The number of amides is 4. The summed E-state index contributed by atoms with van der Waals surface area (Å²) in [4.78, 5) is 38.2. The van der Waals surface area contributed by atoms with E-state index in [0.29, 0.717) is 36.8 Å². The molecule has 0 aliphatic carbocycles. The molecule has 29 heavy (non-hydrogen) atoms. The Morgan fingerprint density at radius 2 is 1.76 bits per heavy atom. The fraction of sp³-hybridized carbons (Fsp3) is 0.550. The number of urea groups is 1. The highest BCUT2D eigenvalue weighted by Gasteiger charge is 2.26. The average molecular weight is 404 g/mol. The summed E-state index contributed by atoms with van der Waals surface area (Å²) in [5.74, 6) is -0.0437. The van der Waals surface area contributed by atoms with Crippen LogP contribution < -0.4 is 25.4 Å². The van der Waals surface area contributed by atoms with E-state index in [0.717, 1.165) is 12.8 Å². The van der Waals surface area contributed by atoms with Crippen molar-refractivity contribution in [2.45, 2.75) is 39.2 Å². The predicted octanol–water partition coefficient (Wildman–Crippen LogP) is 1.69. The van der Waals surface area contributed by atoms with Crippen molar-refractivity contribution in [3.8, 4) is 11.5 Å². The molecule has 1 saturated heterocycles. The van der Waals surface area contributed by atoms with E-state index in [4.69, 9.17) is 9.47 Å². The monoisotopic (exact) mass is 404 g/mol. The molecule has 0 radical (unpaired) electrons. The number of rotatable bonds is 3. The van der Waals surface area contributed by atoms with Crippen molar-refractivity contribution in [3.63, 3.8) is 0 Å². The normalized spacial score (nSPS) is 16.3. The molecule has 0 atom stereocenters. The number of ether oxygens (including phenoxy) is 2. The van der Waals surface area contributed by atoms with Gasteiger partial charge in [0.2, 0.25) is 6.79 Å². The Balaban J connectivity index is 1.39. The molecule has 0 aromatic heterocycles. The Morgan fingerprint density at radius 1 is 1.07 bits per heavy atom. The molecule has 9 heteroatoms. The van der Waals surface area contributed by atoms with E-state index in [1.54, 1.807) is 23.1 Å². The molecule has 0 bridgehead atoms. The number of hydrogen-bond donors (Lipinski definition) is 3. The Bertz CT molecular complexity index is 782. The van der Waals surface area contributed by atoms with Crippen molar-refractivity contribution in [2.75, 3.05) is 31.7 Å². The van der Waals surface area contributed by atoms with Crippen LogP contribution in [0.5, 0.6) is 11.5 Å². The van der Waals surface area contributed by atoms with Crippen LogP contribution in [0.25, 0.3) is 0 Å². The largest absolute Gasteiger partial charge is 0.454 e. The smallest absolute Gasteiger partial charge is 0.317 e. The molecule has 1 fully saturated rings. The topological polar surface area (TPSA) is 109 Å². The van der Waals surface area contributed by atoms with Gasteiger partial charge in [-0.1, -0.05) is 0 Å². The molecular formula is C20H28N4O5. The first kappa shape index (κ1) is 20.8. The summed E-state index contributed by atoms with van der Waals surface area (Å²) in [7, 11) is 0. The molecule has 3 N–H and O–H groups in total. The van der Waals surface area contributed by atoms with E-state index in [9.17, 15) is 14.4 Å². The Kier molecular flexibility index (Phi) is 6.14. The minimum absolute atomic E-state index is 0.0666. The summed E-state index contributed by atoms with van der Waals surface area (Å²) in [6.07, 6.45) is 1.56. The average Bonchev–Trinajstić information content (AvgIpc) is 3.13. The van der Waals surface area contributed by atoms with Gasteiger partial charge in [0.25, 0.3) is 0 Å². The zero-order valence-corrected chi connectivity index (χ0v) is 17.0. The third kappa shape index (κ3) is 5.75. The molecule has 2 aliphatic heterocycles. The van der Waals surface area contributed by atoms with Crippen LogP contribution in [0.15, 0.2) is 18.2 Å². The van der Waals surface area contributed by atoms with Crippen molar-refractivity contribution in [1.29, 1.82) is 0 Å². The number of fused-ring (bicyclic) bond motifs is 1. The van der Waals surface area contributed by atoms with Crippen molar-refractivity contribution < 1.29 is 23.9 Å². The highest BCUT2D eigenvalue weighted by Crippen LogP contribution is 2.34. The van der Waals surface area contributed by atoms with Gasteiger partial charge in [-0.3, -0.25) is 9.59 Å². The molecule has 1 aromatic rings. The van der Waals surface area contributed by atoms with Gasteiger partial charge in [0.05, 0.1) is 0 Å². The minimum Gasteiger partial charge on any atom is -0.454 e. The second-order valence-corrected chi connectivity index (χ2v) is 8.34. The molecule has 0 spiro atoms. The summed E-state index contributed by atoms with van der Waals surface area (Å²) in [5, 5.41) is 8.19. The van der Waals surface area contributed by atoms with Crippen molar-refractivity contribution in [2.24, 2.45) is 5.92 Å². The third-order valence-corrected chi connectivity index (χ3v) is 4.77. The van der Waals surface area contributed by atoms with E-state index in [1.165, 1.54) is 0 Å². The quantitative estimate of drug-likeness (QED) is 0.665. The maximum atomic E-state index is 12.2. The molecule has 0 unspecified atom stereocenters. The lowest BCUT2D eigenvalue weighted by molar-refractivity contribution is -0.136. The van der Waals surface area contributed by atoms with Crippen molar-refractivity contribution in [3.05, 3.63) is 18.2 Å². The van der Waals surface area contributed by atoms with E-state index >= 15 is 0 Å². The number of nitrogens with zero attached hydrogens (tertiary/aromatic N) is 1. The number of carbonyl (C=O) groups is 3. The zero-order chi connectivity index (χ0) is 21.0. The maximum Gasteiger partial charge on any atom is 0.317 e. The van der Waals surface area contributed by atoms with Gasteiger partial charge in [0.15, 0.2) is 11.5 Å². The Labute approximate surface area is 170 Å². The first-order valence-corrected chi connectivity index (χ1v) is 9.77. The van der Waals surface area contributed by atoms with Gasteiger partial charge in [-0.15, -0.1) is 0 Å². The highest BCUT2D eigenvalue weighted by molar-refractivity contribution is 6.39. The van der Waals surface area contributed by atoms with Gasteiger partial charge >= 0.3 is 17.8 Å². The minimum atomic E-state index is -0.731. The SMILES string of the molecule is CC(C)(C)NC(=O)N1CCC(CNC(=O)C(=O)Nc2ccc3c(c2)OCO3)CC1. The van der Waals surface area contributed by atoms with Gasteiger partial charge < -0.3 is 30.3 Å². The number of likely N-dealkylation sites (tertiary alicyclic amines) is 1. The molecule has 0 saturated carbocycles. The first-order chi connectivity index (χ1) is 13.7. The third-order valence-electron chi connectivity index (χ3n) is 4.77. The van der Waals surface area contributed by atoms with Crippen LogP contribution in [0.1, 0.15) is 33.6 Å². The van der Waals surface area contributed by atoms with Crippen LogP contribution in [0.2, 0.25) is 0 Å². The van der Waals surface area contributed by atoms with Crippen LogP contribution in [-0.2, 0) is 9.59 Å². The fourth-order valence-electron chi connectivity index (χ4n) is 3.22. The van der Waals surface area contributed by atoms with Crippen LogP contribution in [0, 0.1) is 5.92 Å². The van der Waals surface area contributed by atoms with Gasteiger partial charge in [-0.2, -0.15) is 0 Å². The molecule has 1 aromatic carbocycles. The fourth-order valence-corrected chi connectivity index (χ4v) is 3.22. The molecule has 2 heterocycles. The first-order valence-electron chi connectivity index (χ1n) is 9.77. The summed E-state index contributed by atoms with van der Waals surface area (Å²) in [6.45, 7) is 7.65. The molecule has 2 aliphatic rings. The van der Waals surface area contributed by atoms with E-state index in [-0.39, 0.29) is 24.3 Å². The second kappa shape index (κ2) is 8.59. The maximum absolute atomic E-state index is 12.2. The van der Waals surface area contributed by atoms with Crippen LogP contribution in [0.3, 0.4) is 0 Å². The lowest BCUT2D eigenvalue weighted by Crippen LogP contribution is -2.51. The lowest BCUT2D eigenvalue weighted by atomic mass is 9.97. The Morgan fingerprint density at radius 3 is 2.45 bits per heavy atom. The summed E-state index contributed by atoms with van der Waals surface area (Å²) < 4.78 is 10.5. The highest BCUT2D eigenvalue weighted by atomic mass is 16.7. The number of nitrogens with one attached hydrogen (secondary N) is 3. The molecule has 158 valence electrons. The predicted molar refractivity (Wildman–Crippen MR) is 107 cm³/mol. The zero-order valence-electron chi connectivity index (χ0n) is 17.0. The number of hydrogen-bond acceptors (Lipinski definition) is 5. The number of piperidine rings is 1. The second-order valence-electron chi connectivity index (χ2n) is 8.34. The van der Waals surface area contributed by atoms with Crippen molar-refractivity contribution >= 4 is 23.5 Å². The van der Waals surface area contributed by atoms with Crippen LogP contribution in [0.4, 0.5) is 10.5 Å². The van der Waals surface area contributed by atoms with E-state index in [2.05, 4.69) is 16.0 Å². The summed E-state index contributed by atoms with van der Waals surface area (Å²) >= 11 is 0. The van der Waals surface area contributed by atoms with Gasteiger partial charge in [-0.05, 0) is 51.7 Å². The standard InChI is InChI=1S/C20H28N4O5/c1-20(2,3)23-19(27)24-8-6-13(7-9-24)11-21-17(25)18(26)22-14-4-5-15-16(10-14)29-12-28-15/h4-5,10,13H,6-9,11-12H2,1-3H3,(H,21,25)(H,22,26)(H,23,27). The van der Waals surface area contributed by atoms with Crippen molar-refractivity contribution in [1.82, 2.24) is 15.5 Å². The van der Waals surface area contributed by atoms with Gasteiger partial charge in [0, 0.05) is 36.9 Å². The lowest BCUT2D eigenvalue weighted by Gasteiger charge is -2.34. The number of benzene rings is 1. The summed E-state index contributed by atoms with van der Waals surface area (Å²) in [5.41, 5.74) is 0.195. The van der Waals surface area contributed by atoms with Crippen LogP contribution >= 0.6 is 0 Å². The Hall–Kier alpha value is -2.97. The van der Waals surface area contributed by atoms with Gasteiger partial charge in [-0.25, -0.2) is 4.79 Å². The van der Waals surface area contributed by atoms with E-state index in [1.807, 2.05) is 20.8 Å². The molecule has 9 nitrogen and oxygen atoms in total.